The Morgan fingerprint density at radius 1 is 1.00 bits per heavy atom. The number of ether oxygens (including phenoxy) is 1. The summed E-state index contributed by atoms with van der Waals surface area (Å²) in [6.07, 6.45) is 4.88. The van der Waals surface area contributed by atoms with Crippen LogP contribution in [0.2, 0.25) is 0 Å². The summed E-state index contributed by atoms with van der Waals surface area (Å²) in [6.45, 7) is 2.59. The first-order valence-corrected chi connectivity index (χ1v) is 13.8. The topological polar surface area (TPSA) is 63.9 Å². The van der Waals surface area contributed by atoms with Crippen molar-refractivity contribution in [2.45, 2.75) is 43.5 Å². The van der Waals surface area contributed by atoms with E-state index in [-0.39, 0.29) is 0 Å². The summed E-state index contributed by atoms with van der Waals surface area (Å²) < 4.78 is 35.8. The van der Waals surface area contributed by atoms with Crippen molar-refractivity contribution in [3.63, 3.8) is 0 Å². The van der Waals surface area contributed by atoms with Gasteiger partial charge in [0.15, 0.2) is 4.80 Å². The lowest BCUT2D eigenvalue weighted by Crippen LogP contribution is -2.31. The zero-order valence-corrected chi connectivity index (χ0v) is 20.7. The standard InChI is InChI=1S/C25H31N3O3S2/c1-31-18-10-17-28-24(20-32-25(28)26-22-12-5-4-6-13-22)21-11-9-14-23(19-21)33(29,30)27-15-7-2-3-8-16-27/h4-6,9,11-14,19-20H,2-3,7-8,10,15-18H2,1H3. The van der Waals surface area contributed by atoms with E-state index in [2.05, 4.69) is 9.95 Å². The highest BCUT2D eigenvalue weighted by Crippen LogP contribution is 2.27. The van der Waals surface area contributed by atoms with Crippen LogP contribution in [0.1, 0.15) is 32.1 Å². The van der Waals surface area contributed by atoms with Crippen molar-refractivity contribution in [2.75, 3.05) is 26.8 Å². The van der Waals surface area contributed by atoms with Gasteiger partial charge in [0.05, 0.1) is 16.3 Å². The average Bonchev–Trinajstić information content (AvgIpc) is 3.03. The molecule has 0 spiro atoms. The van der Waals surface area contributed by atoms with E-state index in [0.717, 1.165) is 60.4 Å². The van der Waals surface area contributed by atoms with E-state index in [9.17, 15) is 8.42 Å². The van der Waals surface area contributed by atoms with E-state index < -0.39 is 10.0 Å². The highest BCUT2D eigenvalue weighted by atomic mass is 32.2. The Balaban J connectivity index is 1.72. The van der Waals surface area contributed by atoms with E-state index in [0.29, 0.717) is 24.6 Å². The smallest absolute Gasteiger partial charge is 0.243 e. The lowest BCUT2D eigenvalue weighted by atomic mass is 10.2. The predicted octanol–water partition coefficient (Wildman–Crippen LogP) is 5.05. The number of hydrogen-bond acceptors (Lipinski definition) is 5. The van der Waals surface area contributed by atoms with Crippen molar-refractivity contribution in [1.82, 2.24) is 8.87 Å². The molecule has 0 atom stereocenters. The van der Waals surface area contributed by atoms with Gasteiger partial charge in [-0.05, 0) is 43.5 Å². The maximum atomic E-state index is 13.4. The Morgan fingerprint density at radius 3 is 2.48 bits per heavy atom. The first-order chi connectivity index (χ1) is 16.1. The third kappa shape index (κ3) is 5.81. The van der Waals surface area contributed by atoms with Gasteiger partial charge in [0, 0.05) is 44.3 Å². The molecule has 1 aromatic heterocycles. The molecule has 1 saturated heterocycles. The van der Waals surface area contributed by atoms with Gasteiger partial charge < -0.3 is 9.30 Å². The Labute approximate surface area is 200 Å². The van der Waals surface area contributed by atoms with Crippen molar-refractivity contribution in [2.24, 2.45) is 4.99 Å². The van der Waals surface area contributed by atoms with Gasteiger partial charge in [-0.15, -0.1) is 11.3 Å². The first-order valence-electron chi connectivity index (χ1n) is 11.5. The van der Waals surface area contributed by atoms with Gasteiger partial charge in [0.2, 0.25) is 10.0 Å². The Hall–Kier alpha value is -2.26. The molecule has 0 radical (unpaired) electrons. The molecule has 0 aliphatic carbocycles. The molecule has 6 nitrogen and oxygen atoms in total. The third-order valence-corrected chi connectivity index (χ3v) is 8.60. The number of benzene rings is 2. The van der Waals surface area contributed by atoms with Crippen molar-refractivity contribution in [3.8, 4) is 11.3 Å². The number of sulfonamides is 1. The van der Waals surface area contributed by atoms with Crippen LogP contribution in [0.3, 0.4) is 0 Å². The van der Waals surface area contributed by atoms with Crippen molar-refractivity contribution < 1.29 is 13.2 Å². The van der Waals surface area contributed by atoms with Crippen LogP contribution >= 0.6 is 11.3 Å². The van der Waals surface area contributed by atoms with Gasteiger partial charge in [0.25, 0.3) is 0 Å². The highest BCUT2D eigenvalue weighted by molar-refractivity contribution is 7.89. The normalized spacial score (nSPS) is 16.1. The monoisotopic (exact) mass is 485 g/mol. The number of thiazole rings is 1. The molecular weight excluding hydrogens is 454 g/mol. The number of hydrogen-bond donors (Lipinski definition) is 0. The molecule has 0 amide bonds. The van der Waals surface area contributed by atoms with E-state index in [4.69, 9.17) is 9.73 Å². The van der Waals surface area contributed by atoms with Crippen LogP contribution < -0.4 is 4.80 Å². The molecule has 1 aliphatic rings. The Bertz CT molecular complexity index is 1210. The van der Waals surface area contributed by atoms with Crippen molar-refractivity contribution >= 4 is 27.0 Å². The summed E-state index contributed by atoms with van der Waals surface area (Å²) >= 11 is 1.56. The molecule has 0 N–H and O–H groups in total. The molecule has 2 aromatic carbocycles. The maximum absolute atomic E-state index is 13.4. The minimum absolute atomic E-state index is 0.359. The number of aromatic nitrogens is 1. The zero-order chi connectivity index (χ0) is 23.1. The Morgan fingerprint density at radius 2 is 1.76 bits per heavy atom. The molecule has 0 unspecified atom stereocenters. The number of nitrogens with zero attached hydrogens (tertiary/aromatic N) is 3. The molecule has 1 aliphatic heterocycles. The summed E-state index contributed by atoms with van der Waals surface area (Å²) in [5.74, 6) is 0. The number of rotatable bonds is 8. The zero-order valence-electron chi connectivity index (χ0n) is 19.0. The summed E-state index contributed by atoms with van der Waals surface area (Å²) in [7, 11) is -1.81. The van der Waals surface area contributed by atoms with Crippen LogP contribution in [0.15, 0.2) is 69.9 Å². The molecule has 3 aromatic rings. The van der Waals surface area contributed by atoms with Crippen LogP contribution in [0.25, 0.3) is 11.3 Å². The van der Waals surface area contributed by atoms with Gasteiger partial charge in [-0.2, -0.15) is 4.31 Å². The van der Waals surface area contributed by atoms with Gasteiger partial charge in [0.1, 0.15) is 0 Å². The molecule has 8 heteroatoms. The van der Waals surface area contributed by atoms with Gasteiger partial charge in [-0.1, -0.05) is 43.2 Å². The van der Waals surface area contributed by atoms with Crippen molar-refractivity contribution in [3.05, 3.63) is 64.8 Å². The minimum Gasteiger partial charge on any atom is -0.385 e. The van der Waals surface area contributed by atoms with Crippen LogP contribution in [0, 0.1) is 0 Å². The van der Waals surface area contributed by atoms with Crippen LogP contribution in [0.4, 0.5) is 5.69 Å². The third-order valence-electron chi connectivity index (χ3n) is 5.84. The SMILES string of the molecule is COCCCn1c(-c2cccc(S(=O)(=O)N3CCCCCC3)c2)csc1=Nc1ccccc1. The van der Waals surface area contributed by atoms with E-state index >= 15 is 0 Å². The largest absolute Gasteiger partial charge is 0.385 e. The van der Waals surface area contributed by atoms with E-state index in [1.54, 1.807) is 34.9 Å². The molecule has 4 rings (SSSR count). The molecule has 2 heterocycles. The molecular formula is C25H31N3O3S2. The summed E-state index contributed by atoms with van der Waals surface area (Å²) in [5, 5.41) is 2.06. The Kier molecular flexibility index (Phi) is 8.14. The lowest BCUT2D eigenvalue weighted by Gasteiger charge is -2.20. The van der Waals surface area contributed by atoms with E-state index in [1.165, 1.54) is 0 Å². The average molecular weight is 486 g/mol. The van der Waals surface area contributed by atoms with Crippen LogP contribution in [-0.2, 0) is 21.3 Å². The fourth-order valence-corrected chi connectivity index (χ4v) is 6.61. The van der Waals surface area contributed by atoms with Gasteiger partial charge >= 0.3 is 0 Å². The number of methoxy groups -OCH3 is 1. The minimum atomic E-state index is -3.51. The van der Waals surface area contributed by atoms with Crippen molar-refractivity contribution in [1.29, 1.82) is 0 Å². The molecule has 33 heavy (non-hydrogen) atoms. The van der Waals surface area contributed by atoms with Crippen LogP contribution in [-0.4, -0.2) is 44.1 Å². The molecule has 1 fully saturated rings. The van der Waals surface area contributed by atoms with E-state index in [1.807, 2.05) is 42.5 Å². The maximum Gasteiger partial charge on any atom is 0.243 e. The lowest BCUT2D eigenvalue weighted by molar-refractivity contribution is 0.190. The fraction of sp³-hybridized carbons (Fsp3) is 0.400. The van der Waals surface area contributed by atoms with Crippen LogP contribution in [0.5, 0.6) is 0 Å². The quantitative estimate of drug-likeness (QED) is 0.420. The summed E-state index contributed by atoms with van der Waals surface area (Å²) in [5.41, 5.74) is 2.75. The van der Waals surface area contributed by atoms with Gasteiger partial charge in [-0.3, -0.25) is 0 Å². The second-order valence-electron chi connectivity index (χ2n) is 8.19. The second kappa shape index (κ2) is 11.2. The molecule has 0 bridgehead atoms. The molecule has 176 valence electrons. The summed E-state index contributed by atoms with van der Waals surface area (Å²) in [6, 6.07) is 17.2. The second-order valence-corrected chi connectivity index (χ2v) is 11.0. The van der Waals surface area contributed by atoms with Gasteiger partial charge in [-0.25, -0.2) is 13.4 Å². The highest BCUT2D eigenvalue weighted by Gasteiger charge is 2.25. The summed E-state index contributed by atoms with van der Waals surface area (Å²) in [4.78, 5) is 6.08. The fourth-order valence-electron chi connectivity index (χ4n) is 4.09. The number of para-hydroxylation sites is 1. The predicted molar refractivity (Wildman–Crippen MR) is 133 cm³/mol. The first kappa shape index (κ1) is 23.9. The molecule has 0 saturated carbocycles.